The van der Waals surface area contributed by atoms with Crippen LogP contribution in [0, 0.1) is 17.5 Å². The van der Waals surface area contributed by atoms with Gasteiger partial charge < -0.3 is 35.5 Å². The van der Waals surface area contributed by atoms with E-state index < -0.39 is 0 Å². The number of ether oxygens (including phenoxy) is 3. The number of anilines is 6. The van der Waals surface area contributed by atoms with Crippen LogP contribution < -0.4 is 21.3 Å². The van der Waals surface area contributed by atoms with Gasteiger partial charge >= 0.3 is 0 Å². The standard InChI is InChI=1S/C24H25FN4OS2.C24H23FN4OS2.C22H19FN4OS2.CH4/c2*1-2-29-8-4-16(24(29)5-9-30-10-6-24)21-11-15-18(3-7-26-23(15)32-21)28-19-13-20-22(12-17(19)25)31-14-27-20;23-15-10-20-18(25-12-29-20)11-17(15)27-16-2-5-24-21-13(16)9-19(30-21)14-1-6-26-22(14)3-7-28-8-4-22;/h3,7,11-14,16H,2,4-6,8-10H2,1H3,(H,26,28);3-4,7,11-14H,2,5-6,8-10H2,1H3,(H,26,28);1-2,5,9-12,26H,3-4,6-8H2,(H,24,27);1H4. The molecule has 95 heavy (non-hydrogen) atoms. The highest BCUT2D eigenvalue weighted by atomic mass is 32.1. The summed E-state index contributed by atoms with van der Waals surface area (Å²) in [6.45, 7) is 14.4. The van der Waals surface area contributed by atoms with E-state index in [1.807, 2.05) is 18.2 Å². The third-order valence-corrected chi connectivity index (χ3v) is 25.6. The van der Waals surface area contributed by atoms with Crippen molar-refractivity contribution >= 4 is 175 Å². The number of likely N-dealkylation sites (N-methyl/N-ethyl adjacent to an activating group) is 2. The Morgan fingerprint density at radius 2 is 0.968 bits per heavy atom. The number of rotatable bonds is 11. The smallest absolute Gasteiger partial charge is 0.148 e. The van der Waals surface area contributed by atoms with E-state index in [4.69, 9.17) is 14.2 Å². The Morgan fingerprint density at radius 1 is 0.516 bits per heavy atom. The summed E-state index contributed by atoms with van der Waals surface area (Å²) in [6, 6.07) is 22.4. The number of fused-ring (bicyclic) bond motifs is 6. The van der Waals surface area contributed by atoms with Crippen molar-refractivity contribution in [2.45, 2.75) is 88.8 Å². The number of hydrogen-bond acceptors (Lipinski definition) is 21. The Balaban J connectivity index is 0.000000117. The molecule has 0 bridgehead atoms. The van der Waals surface area contributed by atoms with E-state index in [0.717, 1.165) is 189 Å². The van der Waals surface area contributed by atoms with Crippen molar-refractivity contribution in [2.24, 2.45) is 0 Å². The molecular formula is C71H71F3N12O3S6. The Morgan fingerprint density at radius 3 is 1.46 bits per heavy atom. The predicted molar refractivity (Wildman–Crippen MR) is 388 cm³/mol. The molecule has 0 radical (unpaired) electrons. The lowest BCUT2D eigenvalue weighted by atomic mass is 9.77. The van der Waals surface area contributed by atoms with Crippen molar-refractivity contribution in [3.05, 3.63) is 152 Å². The topological polar surface area (TPSA) is 160 Å². The van der Waals surface area contributed by atoms with Crippen molar-refractivity contribution in [1.29, 1.82) is 0 Å². The molecule has 12 aromatic rings. The molecule has 3 spiro atoms. The van der Waals surface area contributed by atoms with Crippen LogP contribution in [-0.2, 0) is 14.2 Å². The summed E-state index contributed by atoms with van der Waals surface area (Å²) in [5.74, 6) is -0.337. The number of likely N-dealkylation sites (tertiary alicyclic amines) is 1. The van der Waals surface area contributed by atoms with Crippen LogP contribution in [0.5, 0.6) is 0 Å². The zero-order valence-electron chi connectivity index (χ0n) is 51.7. The predicted octanol–water partition coefficient (Wildman–Crippen LogP) is 18.2. The number of benzene rings is 3. The molecule has 15 heterocycles. The lowest BCUT2D eigenvalue weighted by molar-refractivity contribution is -0.0132. The maximum atomic E-state index is 14.7. The maximum Gasteiger partial charge on any atom is 0.148 e. The fourth-order valence-electron chi connectivity index (χ4n) is 15.2. The van der Waals surface area contributed by atoms with Crippen molar-refractivity contribution in [3.63, 3.8) is 0 Å². The number of aromatic nitrogens is 6. The molecule has 6 aliphatic rings. The van der Waals surface area contributed by atoms with Gasteiger partial charge in [0.25, 0.3) is 0 Å². The number of hydrogen-bond donors (Lipinski definition) is 4. The van der Waals surface area contributed by atoms with Crippen LogP contribution in [0.15, 0.2) is 120 Å². The van der Waals surface area contributed by atoms with E-state index in [1.165, 1.54) is 72.3 Å². The van der Waals surface area contributed by atoms with E-state index >= 15 is 0 Å². The minimum atomic E-state index is -0.281. The second-order valence-electron chi connectivity index (χ2n) is 24.6. The largest absolute Gasteiger partial charge is 0.381 e. The summed E-state index contributed by atoms with van der Waals surface area (Å²) in [5.41, 5.74) is 14.5. The molecule has 0 amide bonds. The molecule has 4 N–H and O–H groups in total. The highest BCUT2D eigenvalue weighted by molar-refractivity contribution is 7.20. The summed E-state index contributed by atoms with van der Waals surface area (Å²) in [4.78, 5) is 38.8. The number of halogens is 3. The van der Waals surface area contributed by atoms with Crippen LogP contribution in [0.4, 0.5) is 47.3 Å². The quantitative estimate of drug-likeness (QED) is 0.0968. The second kappa shape index (κ2) is 26.8. The molecule has 15 nitrogen and oxygen atoms in total. The fraction of sp³-hybridized carbons (Fsp3) is 0.352. The first-order valence-electron chi connectivity index (χ1n) is 32.0. The van der Waals surface area contributed by atoms with Crippen LogP contribution in [0.3, 0.4) is 0 Å². The first-order chi connectivity index (χ1) is 46.1. The molecule has 4 fully saturated rings. The van der Waals surface area contributed by atoms with Gasteiger partial charge in [-0.05, 0) is 149 Å². The van der Waals surface area contributed by atoms with E-state index in [2.05, 4.69) is 105 Å². The molecule has 0 saturated carbocycles. The highest BCUT2D eigenvalue weighted by Crippen LogP contribution is 2.52. The molecule has 0 aliphatic carbocycles. The van der Waals surface area contributed by atoms with Crippen molar-refractivity contribution in [3.8, 4) is 0 Å². The van der Waals surface area contributed by atoms with Crippen LogP contribution >= 0.6 is 68.0 Å². The Kier molecular flexibility index (Phi) is 18.1. The molecule has 3 aromatic carbocycles. The Hall–Kier alpha value is -6.91. The van der Waals surface area contributed by atoms with E-state index in [0.29, 0.717) is 23.0 Å². The van der Waals surface area contributed by atoms with Gasteiger partial charge in [0, 0.05) is 119 Å². The molecule has 490 valence electrons. The van der Waals surface area contributed by atoms with Gasteiger partial charge in [-0.3, -0.25) is 9.80 Å². The fourth-order valence-corrected chi connectivity index (χ4v) is 20.8. The van der Waals surface area contributed by atoms with Gasteiger partial charge in [-0.2, -0.15) is 0 Å². The molecule has 4 saturated heterocycles. The molecule has 6 aliphatic heterocycles. The summed E-state index contributed by atoms with van der Waals surface area (Å²) in [5, 5.41) is 16.7. The van der Waals surface area contributed by atoms with Gasteiger partial charge in [0.05, 0.1) is 86.8 Å². The minimum absolute atomic E-state index is 0. The highest BCUT2D eigenvalue weighted by Gasteiger charge is 2.50. The first-order valence-corrected chi connectivity index (χ1v) is 37.1. The van der Waals surface area contributed by atoms with Crippen LogP contribution in [0.1, 0.15) is 86.8 Å². The number of thiophene rings is 3. The third-order valence-electron chi connectivity index (χ3n) is 19.9. The molecular weight excluding hydrogens is 1320 g/mol. The van der Waals surface area contributed by atoms with Crippen molar-refractivity contribution < 1.29 is 27.4 Å². The summed E-state index contributed by atoms with van der Waals surface area (Å²) >= 11 is 9.52. The number of nitrogens with one attached hydrogen (secondary N) is 4. The zero-order chi connectivity index (χ0) is 63.5. The van der Waals surface area contributed by atoms with Gasteiger partial charge in [-0.1, -0.05) is 33.4 Å². The number of thiazole rings is 3. The Labute approximate surface area is 572 Å². The maximum absolute atomic E-state index is 14.7. The normalized spacial score (nSPS) is 19.2. The van der Waals surface area contributed by atoms with E-state index in [9.17, 15) is 13.2 Å². The van der Waals surface area contributed by atoms with E-state index in [-0.39, 0.29) is 41.5 Å². The minimum Gasteiger partial charge on any atom is -0.381 e. The van der Waals surface area contributed by atoms with Gasteiger partial charge in [-0.15, -0.1) is 68.0 Å². The first kappa shape index (κ1) is 64.1. The second-order valence-corrected chi connectivity index (χ2v) is 30.3. The average Bonchev–Trinajstić information content (AvgIpc) is 1.61. The number of nitrogens with zero attached hydrogens (tertiary/aromatic N) is 8. The van der Waals surface area contributed by atoms with Gasteiger partial charge in [0.2, 0.25) is 0 Å². The molecule has 24 heteroatoms. The molecule has 1 unspecified atom stereocenters. The molecule has 1 atom stereocenters. The summed E-state index contributed by atoms with van der Waals surface area (Å²) in [6.07, 6.45) is 17.3. The van der Waals surface area contributed by atoms with Crippen LogP contribution in [-0.4, -0.2) is 129 Å². The van der Waals surface area contributed by atoms with Crippen LogP contribution in [0.2, 0.25) is 0 Å². The SMILES string of the molecule is C.CCN1CC=C(c2cc3c(Nc4cc5ncsc5cc4F)ccnc3s2)C12CCOCC2.CCN1CCC(c2cc3c(Nc4cc5ncsc5cc4F)ccnc3s2)C12CCOCC2.Fc1cc2scnc2cc1Nc1ccnc2sc(C3=CCNC34CCOCC4)cc12. The van der Waals surface area contributed by atoms with Crippen molar-refractivity contribution in [2.75, 3.05) is 88.3 Å². The van der Waals surface area contributed by atoms with Gasteiger partial charge in [0.15, 0.2) is 0 Å². The summed E-state index contributed by atoms with van der Waals surface area (Å²) in [7, 11) is 0. The lowest BCUT2D eigenvalue weighted by Crippen LogP contribution is -2.50. The van der Waals surface area contributed by atoms with E-state index in [1.54, 1.807) is 99.5 Å². The third kappa shape index (κ3) is 11.9. The van der Waals surface area contributed by atoms with Crippen molar-refractivity contribution in [1.82, 2.24) is 45.0 Å². The monoisotopic (exact) mass is 1390 g/mol. The zero-order valence-corrected chi connectivity index (χ0v) is 56.6. The van der Waals surface area contributed by atoms with Gasteiger partial charge in [-0.25, -0.2) is 43.1 Å². The summed E-state index contributed by atoms with van der Waals surface area (Å²) < 4.78 is 63.7. The van der Waals surface area contributed by atoms with Gasteiger partial charge in [0.1, 0.15) is 31.9 Å². The molecule has 9 aromatic heterocycles. The number of pyridine rings is 3. The average molecular weight is 1390 g/mol. The van der Waals surface area contributed by atoms with Crippen LogP contribution in [0.25, 0.3) is 72.4 Å². The molecule has 18 rings (SSSR count). The lowest BCUT2D eigenvalue weighted by Gasteiger charge is -2.44. The Bertz CT molecular complexity index is 4860.